The predicted molar refractivity (Wildman–Crippen MR) is 115 cm³/mol. The zero-order valence-corrected chi connectivity index (χ0v) is 18.3. The maximum absolute atomic E-state index is 11.9. The number of hydrogen-bond acceptors (Lipinski definition) is 6. The SMILES string of the molecule is COC(=O)c1ccc([C@H]2[C@@H]3C[C@@H](C(C)(C)C)CC=C3C(C#N)=C(N)C2(C#N)C#N)cc1. The molecule has 6 nitrogen and oxygen atoms in total. The van der Waals surface area contributed by atoms with Crippen molar-refractivity contribution < 1.29 is 9.53 Å². The first-order valence-corrected chi connectivity index (χ1v) is 10.3. The normalized spacial score (nSPS) is 24.7. The zero-order chi connectivity index (χ0) is 23.0. The second kappa shape index (κ2) is 7.93. The molecule has 158 valence electrons. The van der Waals surface area contributed by atoms with Crippen LogP contribution in [0.5, 0.6) is 0 Å². The van der Waals surface area contributed by atoms with E-state index in [1.165, 1.54) is 7.11 Å². The highest BCUT2D eigenvalue weighted by atomic mass is 16.5. The highest BCUT2D eigenvalue weighted by molar-refractivity contribution is 5.89. The predicted octanol–water partition coefficient (Wildman–Crippen LogP) is 4.34. The van der Waals surface area contributed by atoms with Crippen molar-refractivity contribution in [3.8, 4) is 18.2 Å². The third-order valence-corrected chi connectivity index (χ3v) is 6.79. The minimum Gasteiger partial charge on any atom is -0.465 e. The van der Waals surface area contributed by atoms with Gasteiger partial charge in [0, 0.05) is 5.92 Å². The number of esters is 1. The lowest BCUT2D eigenvalue weighted by Crippen LogP contribution is -2.44. The van der Waals surface area contributed by atoms with Gasteiger partial charge in [0.1, 0.15) is 6.07 Å². The van der Waals surface area contributed by atoms with E-state index in [2.05, 4.69) is 45.1 Å². The highest BCUT2D eigenvalue weighted by Crippen LogP contribution is 2.57. The Hall–Kier alpha value is -3.56. The molecule has 0 radical (unpaired) electrons. The summed E-state index contributed by atoms with van der Waals surface area (Å²) < 4.78 is 4.77. The van der Waals surface area contributed by atoms with Crippen LogP contribution >= 0.6 is 0 Å². The van der Waals surface area contributed by atoms with Crippen molar-refractivity contribution in [2.75, 3.05) is 7.11 Å². The van der Waals surface area contributed by atoms with Gasteiger partial charge in [0.2, 0.25) is 0 Å². The van der Waals surface area contributed by atoms with Gasteiger partial charge < -0.3 is 10.5 Å². The van der Waals surface area contributed by atoms with Crippen molar-refractivity contribution in [3.05, 3.63) is 58.3 Å². The van der Waals surface area contributed by atoms with E-state index < -0.39 is 17.3 Å². The highest BCUT2D eigenvalue weighted by Gasteiger charge is 2.55. The van der Waals surface area contributed by atoms with Gasteiger partial charge in [-0.05, 0) is 53.4 Å². The summed E-state index contributed by atoms with van der Waals surface area (Å²) in [5.74, 6) is -0.891. The third kappa shape index (κ3) is 3.47. The number of carbonyl (C=O) groups excluding carboxylic acids is 1. The van der Waals surface area contributed by atoms with Crippen LogP contribution in [0.4, 0.5) is 0 Å². The first-order valence-electron chi connectivity index (χ1n) is 10.3. The van der Waals surface area contributed by atoms with Gasteiger partial charge in [0.05, 0.1) is 36.1 Å². The molecule has 0 spiro atoms. The molecule has 0 heterocycles. The van der Waals surface area contributed by atoms with E-state index in [0.717, 1.165) is 24.0 Å². The van der Waals surface area contributed by atoms with E-state index in [4.69, 9.17) is 10.5 Å². The molecule has 0 saturated heterocycles. The van der Waals surface area contributed by atoms with Crippen molar-refractivity contribution in [3.63, 3.8) is 0 Å². The summed E-state index contributed by atoms with van der Waals surface area (Å²) in [5.41, 5.74) is 6.91. The first-order chi connectivity index (χ1) is 14.6. The van der Waals surface area contributed by atoms with E-state index in [0.29, 0.717) is 11.5 Å². The van der Waals surface area contributed by atoms with Gasteiger partial charge in [-0.15, -0.1) is 0 Å². The number of carbonyl (C=O) groups is 1. The second-order valence-corrected chi connectivity index (χ2v) is 9.32. The lowest BCUT2D eigenvalue weighted by Gasteiger charge is -2.47. The van der Waals surface area contributed by atoms with Crippen molar-refractivity contribution in [1.29, 1.82) is 15.8 Å². The summed E-state index contributed by atoms with van der Waals surface area (Å²) in [7, 11) is 1.31. The topological polar surface area (TPSA) is 124 Å². The van der Waals surface area contributed by atoms with Crippen molar-refractivity contribution in [2.24, 2.45) is 28.4 Å². The standard InChI is InChI=1S/C25H26N4O2/c1-24(2,3)17-9-10-18-19(11-17)21(15-5-7-16(8-6-15)23(30)31-4)25(13-27,14-28)22(29)20(18)12-26/h5-8,10,17,19,21H,9,11,29H2,1-4H3/t17-,19+,21-/m0/s1. The van der Waals surface area contributed by atoms with Crippen LogP contribution in [0, 0.1) is 56.7 Å². The summed E-state index contributed by atoms with van der Waals surface area (Å²) in [6.45, 7) is 6.53. The Balaban J connectivity index is 2.24. The van der Waals surface area contributed by atoms with Crippen molar-refractivity contribution in [1.82, 2.24) is 0 Å². The van der Waals surface area contributed by atoms with Crippen LogP contribution in [0.25, 0.3) is 0 Å². The van der Waals surface area contributed by atoms with E-state index in [1.807, 2.05) is 0 Å². The Morgan fingerprint density at radius 1 is 1.16 bits per heavy atom. The van der Waals surface area contributed by atoms with Crippen LogP contribution in [-0.2, 0) is 4.74 Å². The van der Waals surface area contributed by atoms with Gasteiger partial charge in [-0.3, -0.25) is 0 Å². The summed E-state index contributed by atoms with van der Waals surface area (Å²) in [6, 6.07) is 13.2. The number of nitrogens with two attached hydrogens (primary N) is 1. The summed E-state index contributed by atoms with van der Waals surface area (Å²) >= 11 is 0. The molecule has 0 bridgehead atoms. The number of nitriles is 3. The van der Waals surface area contributed by atoms with Gasteiger partial charge in [0.15, 0.2) is 5.41 Å². The molecule has 2 N–H and O–H groups in total. The van der Waals surface area contributed by atoms with Crippen LogP contribution in [-0.4, -0.2) is 13.1 Å². The van der Waals surface area contributed by atoms with E-state index in [-0.39, 0.29) is 22.6 Å². The van der Waals surface area contributed by atoms with E-state index in [9.17, 15) is 20.6 Å². The monoisotopic (exact) mass is 414 g/mol. The molecule has 6 heteroatoms. The quantitative estimate of drug-likeness (QED) is 0.718. The molecule has 0 saturated carbocycles. The molecule has 1 aromatic carbocycles. The first kappa shape index (κ1) is 22.1. The smallest absolute Gasteiger partial charge is 0.337 e. The molecule has 0 unspecified atom stereocenters. The number of fused-ring (bicyclic) bond motifs is 1. The Labute approximate surface area is 183 Å². The molecule has 0 amide bonds. The zero-order valence-electron chi connectivity index (χ0n) is 18.3. The maximum atomic E-state index is 11.9. The Morgan fingerprint density at radius 2 is 1.77 bits per heavy atom. The molecule has 31 heavy (non-hydrogen) atoms. The lowest BCUT2D eigenvalue weighted by molar-refractivity contribution is 0.0600. The van der Waals surface area contributed by atoms with Crippen molar-refractivity contribution in [2.45, 2.75) is 39.5 Å². The van der Waals surface area contributed by atoms with Gasteiger partial charge in [-0.25, -0.2) is 4.79 Å². The van der Waals surface area contributed by atoms with Crippen LogP contribution < -0.4 is 5.73 Å². The number of benzene rings is 1. The number of methoxy groups -OCH3 is 1. The second-order valence-electron chi connectivity index (χ2n) is 9.32. The maximum Gasteiger partial charge on any atom is 0.337 e. The fourth-order valence-electron chi connectivity index (χ4n) is 4.92. The minimum atomic E-state index is -1.67. The molecule has 0 aliphatic heterocycles. The number of allylic oxidation sites excluding steroid dienone is 4. The fraction of sp³-hybridized carbons (Fsp3) is 0.440. The van der Waals surface area contributed by atoms with Crippen molar-refractivity contribution >= 4 is 5.97 Å². The molecule has 1 aromatic rings. The van der Waals surface area contributed by atoms with Crippen LogP contribution in [0.2, 0.25) is 0 Å². The van der Waals surface area contributed by atoms with Crippen LogP contribution in [0.1, 0.15) is 55.5 Å². The van der Waals surface area contributed by atoms with Gasteiger partial charge in [-0.2, -0.15) is 15.8 Å². The number of ether oxygens (including phenoxy) is 1. The third-order valence-electron chi connectivity index (χ3n) is 6.79. The number of rotatable bonds is 2. The molecular formula is C25H26N4O2. The van der Waals surface area contributed by atoms with E-state index in [1.54, 1.807) is 24.3 Å². The molecular weight excluding hydrogens is 388 g/mol. The minimum absolute atomic E-state index is 0.0127. The molecule has 2 aliphatic rings. The number of hydrogen-bond donors (Lipinski definition) is 1. The lowest BCUT2D eigenvalue weighted by atomic mass is 9.54. The van der Waals surface area contributed by atoms with Crippen LogP contribution in [0.15, 0.2) is 47.2 Å². The summed E-state index contributed by atoms with van der Waals surface area (Å²) in [5, 5.41) is 30.2. The Kier molecular flexibility index (Phi) is 5.66. The summed E-state index contributed by atoms with van der Waals surface area (Å²) in [4.78, 5) is 11.9. The fourth-order valence-corrected chi connectivity index (χ4v) is 4.92. The van der Waals surface area contributed by atoms with Gasteiger partial charge in [-0.1, -0.05) is 39.0 Å². The van der Waals surface area contributed by atoms with Gasteiger partial charge in [0.25, 0.3) is 0 Å². The molecule has 3 atom stereocenters. The Bertz CT molecular complexity index is 1070. The van der Waals surface area contributed by atoms with Crippen LogP contribution in [0.3, 0.4) is 0 Å². The molecule has 2 aliphatic carbocycles. The number of nitrogens with zero attached hydrogens (tertiary/aromatic N) is 3. The Morgan fingerprint density at radius 3 is 2.26 bits per heavy atom. The largest absolute Gasteiger partial charge is 0.465 e. The summed E-state index contributed by atoms with van der Waals surface area (Å²) in [6.07, 6.45) is 3.61. The average Bonchev–Trinajstić information content (AvgIpc) is 2.77. The van der Waals surface area contributed by atoms with E-state index >= 15 is 0 Å². The molecule has 0 aromatic heterocycles. The molecule has 0 fully saturated rings. The van der Waals surface area contributed by atoms with Gasteiger partial charge >= 0.3 is 5.97 Å². The average molecular weight is 415 g/mol. The molecule has 3 rings (SSSR count).